The maximum absolute atomic E-state index is 11.5. The Kier molecular flexibility index (Phi) is 2.95. The van der Waals surface area contributed by atoms with E-state index in [1.54, 1.807) is 0 Å². The summed E-state index contributed by atoms with van der Waals surface area (Å²) in [7, 11) is -0.398. The first kappa shape index (κ1) is 10.5. The van der Waals surface area contributed by atoms with Crippen LogP contribution in [0.3, 0.4) is 0 Å². The van der Waals surface area contributed by atoms with Crippen molar-refractivity contribution >= 4 is 21.6 Å². The molecule has 3 nitrogen and oxygen atoms in total. The minimum Gasteiger partial charge on any atom is -0.207 e. The molecule has 1 aromatic carbocycles. The smallest absolute Gasteiger partial charge is 0.207 e. The zero-order valence-corrected chi connectivity index (χ0v) is 8.85. The minimum absolute atomic E-state index is 0.196. The van der Waals surface area contributed by atoms with Gasteiger partial charge in [-0.25, -0.2) is 12.7 Å². The van der Waals surface area contributed by atoms with Gasteiger partial charge in [-0.15, -0.1) is 0 Å². The van der Waals surface area contributed by atoms with Crippen LogP contribution < -0.4 is 0 Å². The van der Waals surface area contributed by atoms with Gasteiger partial charge < -0.3 is 0 Å². The van der Waals surface area contributed by atoms with Crippen molar-refractivity contribution in [3.8, 4) is 0 Å². The van der Waals surface area contributed by atoms with Crippen LogP contribution in [-0.2, 0) is 10.0 Å². The van der Waals surface area contributed by atoms with Gasteiger partial charge in [0.25, 0.3) is 0 Å². The molecule has 0 atom stereocenters. The summed E-state index contributed by atoms with van der Waals surface area (Å²) in [4.78, 5) is 0.196. The summed E-state index contributed by atoms with van der Waals surface area (Å²) in [5, 5.41) is 0.401. The van der Waals surface area contributed by atoms with Gasteiger partial charge in [0.2, 0.25) is 10.0 Å². The SMILES string of the molecule is CN(C)S(=O)(=O)c1c[c]c(Cl)cc1. The normalized spacial score (nSPS) is 12.0. The van der Waals surface area contributed by atoms with Gasteiger partial charge in [-0.3, -0.25) is 0 Å². The van der Waals surface area contributed by atoms with E-state index in [1.807, 2.05) is 0 Å². The molecule has 0 saturated carbocycles. The Balaban J connectivity index is 3.17. The molecule has 0 amide bonds. The van der Waals surface area contributed by atoms with Crippen LogP contribution in [0.4, 0.5) is 0 Å². The number of halogens is 1. The molecule has 1 aromatic rings. The third kappa shape index (κ3) is 2.21. The average molecular weight is 219 g/mol. The zero-order chi connectivity index (χ0) is 10.1. The summed E-state index contributed by atoms with van der Waals surface area (Å²) in [6, 6.07) is 6.93. The van der Waals surface area contributed by atoms with E-state index in [2.05, 4.69) is 6.07 Å². The Labute approximate surface area is 83.0 Å². The highest BCUT2D eigenvalue weighted by Crippen LogP contribution is 2.15. The van der Waals surface area contributed by atoms with Crippen molar-refractivity contribution in [1.82, 2.24) is 4.31 Å². The predicted molar refractivity (Wildman–Crippen MR) is 51.2 cm³/mol. The lowest BCUT2D eigenvalue weighted by Crippen LogP contribution is -2.22. The van der Waals surface area contributed by atoms with Crippen LogP contribution in [0.1, 0.15) is 0 Å². The van der Waals surface area contributed by atoms with Crippen molar-refractivity contribution in [2.75, 3.05) is 14.1 Å². The molecule has 13 heavy (non-hydrogen) atoms. The number of rotatable bonds is 2. The first-order valence-corrected chi connectivity index (χ1v) is 5.36. The van der Waals surface area contributed by atoms with Gasteiger partial charge in [0, 0.05) is 25.2 Å². The topological polar surface area (TPSA) is 37.4 Å². The van der Waals surface area contributed by atoms with Crippen molar-refractivity contribution in [2.24, 2.45) is 0 Å². The van der Waals surface area contributed by atoms with Crippen molar-refractivity contribution in [1.29, 1.82) is 0 Å². The number of nitrogens with zero attached hydrogens (tertiary/aromatic N) is 1. The number of benzene rings is 1. The number of hydrogen-bond donors (Lipinski definition) is 0. The zero-order valence-electron chi connectivity index (χ0n) is 7.28. The quantitative estimate of drug-likeness (QED) is 0.753. The number of sulfonamides is 1. The van der Waals surface area contributed by atoms with E-state index in [9.17, 15) is 8.42 Å². The standard InChI is InChI=1S/C8H9ClNO2S/c1-10(2)13(11,12)8-5-3-7(9)4-6-8/h3,5-6H,1-2H3. The molecular formula is C8H9ClNO2S. The van der Waals surface area contributed by atoms with Crippen molar-refractivity contribution in [3.63, 3.8) is 0 Å². The summed E-state index contributed by atoms with van der Waals surface area (Å²) in [6.45, 7) is 0. The van der Waals surface area contributed by atoms with Gasteiger partial charge in [-0.1, -0.05) is 11.6 Å². The molecule has 1 rings (SSSR count). The van der Waals surface area contributed by atoms with Crippen molar-refractivity contribution in [2.45, 2.75) is 4.90 Å². The molecule has 0 spiro atoms. The third-order valence-electron chi connectivity index (χ3n) is 1.52. The lowest BCUT2D eigenvalue weighted by molar-refractivity contribution is 0.521. The molecule has 1 radical (unpaired) electrons. The Bertz CT molecular complexity index is 383. The molecule has 5 heteroatoms. The van der Waals surface area contributed by atoms with Crippen LogP contribution >= 0.6 is 11.6 Å². The molecule has 0 saturated heterocycles. The van der Waals surface area contributed by atoms with Gasteiger partial charge in [0.15, 0.2) is 0 Å². The largest absolute Gasteiger partial charge is 0.242 e. The summed E-state index contributed by atoms with van der Waals surface area (Å²) < 4.78 is 24.2. The molecule has 0 bridgehead atoms. The second-order valence-corrected chi connectivity index (χ2v) is 5.22. The fraction of sp³-hybridized carbons (Fsp3) is 0.250. The van der Waals surface area contributed by atoms with Gasteiger partial charge >= 0.3 is 0 Å². The Morgan fingerprint density at radius 2 is 2.00 bits per heavy atom. The molecule has 0 heterocycles. The highest BCUT2D eigenvalue weighted by atomic mass is 35.5. The predicted octanol–water partition coefficient (Wildman–Crippen LogP) is 1.39. The molecule has 71 valence electrons. The highest BCUT2D eigenvalue weighted by Gasteiger charge is 2.16. The Morgan fingerprint density at radius 3 is 2.38 bits per heavy atom. The van der Waals surface area contributed by atoms with E-state index in [-0.39, 0.29) is 4.90 Å². The molecule has 0 aromatic heterocycles. The maximum Gasteiger partial charge on any atom is 0.242 e. The van der Waals surface area contributed by atoms with Gasteiger partial charge in [0.1, 0.15) is 0 Å². The van der Waals surface area contributed by atoms with Crippen LogP contribution in [0, 0.1) is 6.07 Å². The first-order valence-electron chi connectivity index (χ1n) is 3.54. The highest BCUT2D eigenvalue weighted by molar-refractivity contribution is 7.89. The molecule has 0 N–H and O–H groups in total. The molecular weight excluding hydrogens is 210 g/mol. The van der Waals surface area contributed by atoms with E-state index in [0.29, 0.717) is 5.02 Å². The lowest BCUT2D eigenvalue weighted by atomic mass is 10.4. The van der Waals surface area contributed by atoms with E-state index >= 15 is 0 Å². The van der Waals surface area contributed by atoms with E-state index in [1.165, 1.54) is 32.3 Å². The van der Waals surface area contributed by atoms with Crippen molar-refractivity contribution in [3.05, 3.63) is 29.3 Å². The lowest BCUT2D eigenvalue weighted by Gasteiger charge is -2.10. The summed E-state index contributed by atoms with van der Waals surface area (Å²) in [5.74, 6) is 0. The second kappa shape index (κ2) is 3.65. The molecule has 0 unspecified atom stereocenters. The van der Waals surface area contributed by atoms with Crippen LogP contribution in [0.2, 0.25) is 5.02 Å². The van der Waals surface area contributed by atoms with Gasteiger partial charge in [-0.05, 0) is 18.2 Å². The maximum atomic E-state index is 11.5. The fourth-order valence-corrected chi connectivity index (χ4v) is 1.75. The monoisotopic (exact) mass is 218 g/mol. The Hall–Kier alpha value is -0.580. The minimum atomic E-state index is -3.35. The fourth-order valence-electron chi connectivity index (χ4n) is 0.763. The molecule has 0 fully saturated rings. The summed E-state index contributed by atoms with van der Waals surface area (Å²) in [5.41, 5.74) is 0. The van der Waals surface area contributed by atoms with Crippen LogP contribution in [0.15, 0.2) is 23.1 Å². The summed E-state index contributed by atoms with van der Waals surface area (Å²) in [6.07, 6.45) is 0. The van der Waals surface area contributed by atoms with Crippen molar-refractivity contribution < 1.29 is 8.42 Å². The van der Waals surface area contributed by atoms with Crippen LogP contribution in [0.5, 0.6) is 0 Å². The van der Waals surface area contributed by atoms with Gasteiger partial charge in [0.05, 0.1) is 4.90 Å². The number of hydrogen-bond acceptors (Lipinski definition) is 2. The van der Waals surface area contributed by atoms with Gasteiger partial charge in [-0.2, -0.15) is 0 Å². The van der Waals surface area contributed by atoms with E-state index in [4.69, 9.17) is 11.6 Å². The van der Waals surface area contributed by atoms with E-state index < -0.39 is 10.0 Å². The Morgan fingerprint density at radius 1 is 1.38 bits per heavy atom. The van der Waals surface area contributed by atoms with E-state index in [0.717, 1.165) is 4.31 Å². The van der Waals surface area contributed by atoms with Crippen LogP contribution in [-0.4, -0.2) is 26.8 Å². The average Bonchev–Trinajstić information content (AvgIpc) is 2.04. The second-order valence-electron chi connectivity index (χ2n) is 2.66. The molecule has 0 aliphatic rings. The molecule has 0 aliphatic carbocycles. The third-order valence-corrected chi connectivity index (χ3v) is 3.57. The first-order chi connectivity index (χ1) is 5.94. The summed E-state index contributed by atoms with van der Waals surface area (Å²) >= 11 is 5.58. The van der Waals surface area contributed by atoms with Crippen LogP contribution in [0.25, 0.3) is 0 Å². The molecule has 0 aliphatic heterocycles.